The Bertz CT molecular complexity index is 956. The maximum atomic E-state index is 9.49. The number of aromatic hydroxyl groups is 1. The lowest BCUT2D eigenvalue weighted by atomic mass is 9.76. The number of phenols is 1. The van der Waals surface area contributed by atoms with Gasteiger partial charge in [-0.2, -0.15) is 0 Å². The van der Waals surface area contributed by atoms with Crippen LogP contribution in [0.4, 0.5) is 0 Å². The van der Waals surface area contributed by atoms with E-state index in [1.807, 2.05) is 23.9 Å². The summed E-state index contributed by atoms with van der Waals surface area (Å²) in [4.78, 5) is 1.23. The molecule has 5 rings (SSSR count). The summed E-state index contributed by atoms with van der Waals surface area (Å²) in [6.07, 6.45) is 7.10. The van der Waals surface area contributed by atoms with Crippen molar-refractivity contribution >= 4 is 28.6 Å². The average Bonchev–Trinajstić information content (AvgIpc) is 2.63. The highest BCUT2D eigenvalue weighted by molar-refractivity contribution is 7.99. The predicted molar refractivity (Wildman–Crippen MR) is 102 cm³/mol. The van der Waals surface area contributed by atoms with Crippen LogP contribution in [0.15, 0.2) is 65.6 Å². The van der Waals surface area contributed by atoms with Crippen LogP contribution in [-0.2, 0) is 0 Å². The minimum Gasteiger partial charge on any atom is -0.508 e. The summed E-state index contributed by atoms with van der Waals surface area (Å²) in [7, 11) is 0. The van der Waals surface area contributed by atoms with Crippen LogP contribution in [0, 0.1) is 0 Å². The summed E-state index contributed by atoms with van der Waals surface area (Å²) in [5.74, 6) is 0.897. The van der Waals surface area contributed by atoms with E-state index in [-0.39, 0.29) is 0 Å². The Morgan fingerprint density at radius 3 is 2.67 bits per heavy atom. The lowest BCUT2D eigenvalue weighted by Crippen LogP contribution is -2.14. The van der Waals surface area contributed by atoms with Crippen molar-refractivity contribution in [1.82, 2.24) is 0 Å². The van der Waals surface area contributed by atoms with E-state index in [0.717, 1.165) is 0 Å². The molecule has 0 saturated carbocycles. The van der Waals surface area contributed by atoms with E-state index in [1.54, 1.807) is 17.7 Å². The fraction of sp³-hybridized carbons (Fsp3) is 0.182. The Labute approximate surface area is 146 Å². The van der Waals surface area contributed by atoms with Crippen molar-refractivity contribution in [3.8, 4) is 5.75 Å². The third-order valence-corrected chi connectivity index (χ3v) is 6.55. The average molecular weight is 330 g/mol. The largest absolute Gasteiger partial charge is 0.508 e. The summed E-state index contributed by atoms with van der Waals surface area (Å²) < 4.78 is 0. The summed E-state index contributed by atoms with van der Waals surface area (Å²) in [6.45, 7) is 0. The molecule has 2 aliphatic carbocycles. The van der Waals surface area contributed by atoms with Crippen LogP contribution in [0.1, 0.15) is 40.7 Å². The van der Waals surface area contributed by atoms with Crippen LogP contribution in [0.25, 0.3) is 16.8 Å². The molecule has 2 atom stereocenters. The van der Waals surface area contributed by atoms with Crippen molar-refractivity contribution in [1.29, 1.82) is 0 Å². The number of hydrogen-bond donors (Lipinski definition) is 1. The van der Waals surface area contributed by atoms with E-state index in [4.69, 9.17) is 0 Å². The Morgan fingerprint density at radius 2 is 1.79 bits per heavy atom. The van der Waals surface area contributed by atoms with E-state index in [1.165, 1.54) is 39.6 Å². The molecule has 118 valence electrons. The molecular formula is C22H18OS. The molecule has 0 aliphatic heterocycles. The Kier molecular flexibility index (Phi) is 3.20. The number of phenolic OH excluding ortho intramolecular Hbond substituents is 1. The SMILES string of the molecule is Oc1ccc(SC2CCC3C=Cc4cccc5ccc2c3c45)cc1. The first-order valence-electron chi connectivity index (χ1n) is 8.49. The van der Waals surface area contributed by atoms with E-state index in [0.29, 0.717) is 16.9 Å². The van der Waals surface area contributed by atoms with Gasteiger partial charge in [-0.25, -0.2) is 0 Å². The van der Waals surface area contributed by atoms with Crippen molar-refractivity contribution < 1.29 is 5.11 Å². The van der Waals surface area contributed by atoms with Crippen LogP contribution in [-0.4, -0.2) is 5.11 Å². The molecule has 0 saturated heterocycles. The highest BCUT2D eigenvalue weighted by Crippen LogP contribution is 2.51. The third kappa shape index (κ3) is 2.17. The van der Waals surface area contributed by atoms with Crippen molar-refractivity contribution in [2.45, 2.75) is 28.9 Å². The topological polar surface area (TPSA) is 20.2 Å². The second kappa shape index (κ2) is 5.42. The smallest absolute Gasteiger partial charge is 0.115 e. The number of thioether (sulfide) groups is 1. The van der Waals surface area contributed by atoms with Crippen LogP contribution in [0.5, 0.6) is 5.75 Å². The van der Waals surface area contributed by atoms with Gasteiger partial charge in [-0.15, -0.1) is 11.8 Å². The van der Waals surface area contributed by atoms with E-state index < -0.39 is 0 Å². The van der Waals surface area contributed by atoms with Gasteiger partial charge >= 0.3 is 0 Å². The first kappa shape index (κ1) is 14.2. The van der Waals surface area contributed by atoms with E-state index in [9.17, 15) is 5.11 Å². The van der Waals surface area contributed by atoms with Crippen molar-refractivity contribution in [3.63, 3.8) is 0 Å². The zero-order valence-electron chi connectivity index (χ0n) is 13.3. The minimum atomic E-state index is 0.332. The van der Waals surface area contributed by atoms with Gasteiger partial charge in [-0.05, 0) is 64.6 Å². The number of benzene rings is 3. The molecule has 2 unspecified atom stereocenters. The monoisotopic (exact) mass is 330 g/mol. The molecule has 24 heavy (non-hydrogen) atoms. The van der Waals surface area contributed by atoms with Crippen LogP contribution >= 0.6 is 11.8 Å². The zero-order valence-corrected chi connectivity index (χ0v) is 14.1. The molecule has 1 N–H and O–H groups in total. The molecule has 3 aromatic carbocycles. The Hall–Kier alpha value is -2.19. The molecule has 2 aliphatic rings. The van der Waals surface area contributed by atoms with E-state index >= 15 is 0 Å². The van der Waals surface area contributed by atoms with Gasteiger partial charge in [0.25, 0.3) is 0 Å². The molecule has 0 fully saturated rings. The van der Waals surface area contributed by atoms with Gasteiger partial charge in [-0.1, -0.05) is 42.5 Å². The maximum absolute atomic E-state index is 9.49. The summed E-state index contributed by atoms with van der Waals surface area (Å²) >= 11 is 1.92. The fourth-order valence-electron chi connectivity index (χ4n) is 4.13. The Morgan fingerprint density at radius 1 is 0.917 bits per heavy atom. The summed E-state index contributed by atoms with van der Waals surface area (Å²) in [6, 6.07) is 18.8. The van der Waals surface area contributed by atoms with Crippen LogP contribution in [0.2, 0.25) is 0 Å². The van der Waals surface area contributed by atoms with E-state index in [2.05, 4.69) is 42.5 Å². The molecule has 2 heteroatoms. The molecule has 3 aromatic rings. The molecular weight excluding hydrogens is 312 g/mol. The third-order valence-electron chi connectivity index (χ3n) is 5.23. The lowest BCUT2D eigenvalue weighted by Gasteiger charge is -2.33. The fourth-order valence-corrected chi connectivity index (χ4v) is 5.33. The van der Waals surface area contributed by atoms with Gasteiger partial charge < -0.3 is 5.11 Å². The van der Waals surface area contributed by atoms with Gasteiger partial charge in [0.2, 0.25) is 0 Å². The van der Waals surface area contributed by atoms with Crippen LogP contribution in [0.3, 0.4) is 0 Å². The van der Waals surface area contributed by atoms with Gasteiger partial charge in [0.1, 0.15) is 5.75 Å². The Balaban J connectivity index is 1.62. The zero-order chi connectivity index (χ0) is 16.1. The molecule has 0 heterocycles. The molecule has 0 spiro atoms. The van der Waals surface area contributed by atoms with Crippen molar-refractivity contribution in [2.24, 2.45) is 0 Å². The second-order valence-corrected chi connectivity index (χ2v) is 7.93. The lowest BCUT2D eigenvalue weighted by molar-refractivity contribution is 0.475. The predicted octanol–water partition coefficient (Wildman–Crippen LogP) is 6.28. The first-order chi connectivity index (χ1) is 11.8. The molecule has 0 bridgehead atoms. The molecule has 1 nitrogen and oxygen atoms in total. The summed E-state index contributed by atoms with van der Waals surface area (Å²) in [5, 5.41) is 12.8. The highest BCUT2D eigenvalue weighted by Gasteiger charge is 2.30. The van der Waals surface area contributed by atoms with Crippen molar-refractivity contribution in [2.75, 3.05) is 0 Å². The number of hydrogen-bond acceptors (Lipinski definition) is 2. The highest BCUT2D eigenvalue weighted by atomic mass is 32.2. The van der Waals surface area contributed by atoms with Gasteiger partial charge in [0.05, 0.1) is 0 Å². The summed E-state index contributed by atoms with van der Waals surface area (Å²) in [5.41, 5.74) is 4.40. The standard InChI is InChI=1S/C22H18OS/c23-17-8-10-18(11-9-17)24-20-13-7-16-5-4-14-2-1-3-15-6-12-19(20)22(16)21(14)15/h1-6,8-12,16,20,23H,7,13H2. The quantitative estimate of drug-likeness (QED) is 0.596. The molecule has 0 amide bonds. The van der Waals surface area contributed by atoms with Crippen LogP contribution < -0.4 is 0 Å². The number of allylic oxidation sites excluding steroid dienone is 1. The minimum absolute atomic E-state index is 0.332. The van der Waals surface area contributed by atoms with Gasteiger partial charge in [-0.3, -0.25) is 0 Å². The maximum Gasteiger partial charge on any atom is 0.115 e. The molecule has 0 radical (unpaired) electrons. The number of rotatable bonds is 2. The first-order valence-corrected chi connectivity index (χ1v) is 9.37. The van der Waals surface area contributed by atoms with Gasteiger partial charge in [0, 0.05) is 16.1 Å². The van der Waals surface area contributed by atoms with Gasteiger partial charge in [0.15, 0.2) is 0 Å². The second-order valence-electron chi connectivity index (χ2n) is 6.66. The normalized spacial score (nSPS) is 21.2. The van der Waals surface area contributed by atoms with Crippen molar-refractivity contribution in [3.05, 3.63) is 77.4 Å². The molecule has 0 aromatic heterocycles.